The minimum atomic E-state index is -0.970. The van der Waals surface area contributed by atoms with E-state index in [1.54, 1.807) is 32.0 Å². The smallest absolute Gasteiger partial charge is 0.326 e. The number of esters is 1. The van der Waals surface area contributed by atoms with Crippen LogP contribution >= 0.6 is 11.8 Å². The standard InChI is InChI=1S/C19H20N4O5S/c1-11-7-13(29-10-20)5-6-14(11)21-15(24)9-28-16(25)8-23-17(26)19(2,12-3-4-12)22-18(23)27/h5-7,12H,3-4,8-9H2,1-2H3,(H,21,24)(H,22,27)/t19-/m0/s1. The molecule has 1 aliphatic carbocycles. The number of thioether (sulfide) groups is 1. The van der Waals surface area contributed by atoms with E-state index in [0.29, 0.717) is 5.69 Å². The highest BCUT2D eigenvalue weighted by molar-refractivity contribution is 8.03. The highest BCUT2D eigenvalue weighted by atomic mass is 32.2. The van der Waals surface area contributed by atoms with E-state index in [1.807, 2.05) is 5.40 Å². The molecule has 9 nitrogen and oxygen atoms in total. The molecule has 3 rings (SSSR count). The number of benzene rings is 1. The number of nitrogens with one attached hydrogen (secondary N) is 2. The van der Waals surface area contributed by atoms with Gasteiger partial charge in [-0.15, -0.1) is 0 Å². The quantitative estimate of drug-likeness (QED) is 0.300. The van der Waals surface area contributed by atoms with Gasteiger partial charge in [-0.2, -0.15) is 5.26 Å². The van der Waals surface area contributed by atoms with E-state index in [-0.39, 0.29) is 5.92 Å². The molecule has 2 N–H and O–H groups in total. The van der Waals surface area contributed by atoms with Gasteiger partial charge in [0.15, 0.2) is 6.61 Å². The van der Waals surface area contributed by atoms with Gasteiger partial charge in [-0.3, -0.25) is 19.3 Å². The summed E-state index contributed by atoms with van der Waals surface area (Å²) in [5.41, 5.74) is 0.314. The second-order valence-corrected chi connectivity index (χ2v) is 8.04. The van der Waals surface area contributed by atoms with Gasteiger partial charge in [-0.1, -0.05) is 0 Å². The summed E-state index contributed by atoms with van der Waals surface area (Å²) in [6.45, 7) is 2.35. The van der Waals surface area contributed by atoms with Gasteiger partial charge < -0.3 is 15.4 Å². The Morgan fingerprint density at radius 2 is 2.14 bits per heavy atom. The van der Waals surface area contributed by atoms with E-state index in [0.717, 1.165) is 40.0 Å². The number of nitrogens with zero attached hydrogens (tertiary/aromatic N) is 2. The molecule has 0 aromatic heterocycles. The molecule has 152 valence electrons. The van der Waals surface area contributed by atoms with Gasteiger partial charge in [0.25, 0.3) is 11.8 Å². The number of ether oxygens (including phenoxy) is 1. The number of anilines is 1. The summed E-state index contributed by atoms with van der Waals surface area (Å²) in [6, 6.07) is 4.47. The zero-order valence-electron chi connectivity index (χ0n) is 16.0. The largest absolute Gasteiger partial charge is 0.454 e. The lowest BCUT2D eigenvalue weighted by Gasteiger charge is -2.20. The SMILES string of the molecule is Cc1cc(SC#N)ccc1NC(=O)COC(=O)CN1C(=O)N[C@@](C)(C2CC2)C1=O. The molecular weight excluding hydrogens is 396 g/mol. The van der Waals surface area contributed by atoms with E-state index < -0.39 is 42.5 Å². The normalized spacial score (nSPS) is 20.8. The van der Waals surface area contributed by atoms with Gasteiger partial charge in [0, 0.05) is 10.6 Å². The first kappa shape index (κ1) is 20.7. The minimum absolute atomic E-state index is 0.0898. The highest BCUT2D eigenvalue weighted by Crippen LogP contribution is 2.42. The fourth-order valence-corrected chi connectivity index (χ4v) is 3.67. The van der Waals surface area contributed by atoms with Gasteiger partial charge >= 0.3 is 12.0 Å². The third kappa shape index (κ3) is 4.51. The second kappa shape index (κ2) is 8.13. The molecule has 1 atom stereocenters. The summed E-state index contributed by atoms with van der Waals surface area (Å²) in [7, 11) is 0. The van der Waals surface area contributed by atoms with Crippen LogP contribution < -0.4 is 10.6 Å². The summed E-state index contributed by atoms with van der Waals surface area (Å²) in [5.74, 6) is -1.76. The van der Waals surface area contributed by atoms with Crippen LogP contribution in [0, 0.1) is 23.5 Å². The van der Waals surface area contributed by atoms with Crippen molar-refractivity contribution in [2.75, 3.05) is 18.5 Å². The van der Waals surface area contributed by atoms with E-state index in [2.05, 4.69) is 10.6 Å². The van der Waals surface area contributed by atoms with Crippen molar-refractivity contribution < 1.29 is 23.9 Å². The molecule has 0 unspecified atom stereocenters. The Morgan fingerprint density at radius 3 is 2.76 bits per heavy atom. The molecule has 0 spiro atoms. The number of hydrogen-bond acceptors (Lipinski definition) is 7. The van der Waals surface area contributed by atoms with Crippen LogP contribution in [-0.2, 0) is 19.1 Å². The van der Waals surface area contributed by atoms with Crippen LogP contribution in [0.2, 0.25) is 0 Å². The first-order valence-electron chi connectivity index (χ1n) is 9.00. The minimum Gasteiger partial charge on any atom is -0.454 e. The summed E-state index contributed by atoms with van der Waals surface area (Å²) >= 11 is 1.01. The van der Waals surface area contributed by atoms with Crippen LogP contribution in [0.5, 0.6) is 0 Å². The van der Waals surface area contributed by atoms with Crippen molar-refractivity contribution in [3.8, 4) is 5.40 Å². The molecule has 4 amide bonds. The maximum Gasteiger partial charge on any atom is 0.326 e. The van der Waals surface area contributed by atoms with Crippen molar-refractivity contribution in [3.63, 3.8) is 0 Å². The number of amides is 4. The summed E-state index contributed by atoms with van der Waals surface area (Å²) < 4.78 is 4.91. The zero-order valence-corrected chi connectivity index (χ0v) is 16.8. The number of imide groups is 1. The number of carbonyl (C=O) groups excluding carboxylic acids is 4. The van der Waals surface area contributed by atoms with Gasteiger partial charge in [-0.05, 0) is 68.1 Å². The predicted molar refractivity (Wildman–Crippen MR) is 104 cm³/mol. The third-order valence-electron chi connectivity index (χ3n) is 4.98. The molecule has 2 aliphatic rings. The molecule has 0 bridgehead atoms. The summed E-state index contributed by atoms with van der Waals surface area (Å²) in [4.78, 5) is 50.2. The Kier molecular flexibility index (Phi) is 5.79. The lowest BCUT2D eigenvalue weighted by Crippen LogP contribution is -2.46. The van der Waals surface area contributed by atoms with Crippen LogP contribution in [0.4, 0.5) is 10.5 Å². The van der Waals surface area contributed by atoms with Crippen molar-refractivity contribution in [2.24, 2.45) is 5.92 Å². The number of nitriles is 1. The average molecular weight is 416 g/mol. The van der Waals surface area contributed by atoms with Gasteiger partial charge in [0.05, 0.1) is 0 Å². The van der Waals surface area contributed by atoms with Crippen LogP contribution in [0.25, 0.3) is 0 Å². The molecule has 1 saturated carbocycles. The lowest BCUT2D eigenvalue weighted by molar-refractivity contribution is -0.150. The second-order valence-electron chi connectivity index (χ2n) is 7.18. The predicted octanol–water partition coefficient (Wildman–Crippen LogP) is 1.77. The van der Waals surface area contributed by atoms with Crippen LogP contribution in [-0.4, -0.2) is 47.4 Å². The molecular formula is C19H20N4O5S. The van der Waals surface area contributed by atoms with E-state index in [9.17, 15) is 19.2 Å². The van der Waals surface area contributed by atoms with Crippen LogP contribution in [0.3, 0.4) is 0 Å². The topological polar surface area (TPSA) is 129 Å². The Hall–Kier alpha value is -3.06. The number of hydrogen-bond donors (Lipinski definition) is 2. The zero-order chi connectivity index (χ0) is 21.2. The first-order valence-corrected chi connectivity index (χ1v) is 9.82. The van der Waals surface area contributed by atoms with Crippen molar-refractivity contribution >= 4 is 41.3 Å². The van der Waals surface area contributed by atoms with Crippen molar-refractivity contribution in [1.29, 1.82) is 5.26 Å². The number of rotatable bonds is 7. The molecule has 1 aromatic rings. The number of aryl methyl sites for hydroxylation is 1. The summed E-state index contributed by atoms with van der Waals surface area (Å²) in [6.07, 6.45) is 1.72. The third-order valence-corrected chi connectivity index (χ3v) is 5.56. The fraction of sp³-hybridized carbons (Fsp3) is 0.421. The van der Waals surface area contributed by atoms with Crippen molar-refractivity contribution in [2.45, 2.75) is 37.1 Å². The molecule has 0 radical (unpaired) electrons. The average Bonchev–Trinajstić information content (AvgIpc) is 3.49. The van der Waals surface area contributed by atoms with Gasteiger partial charge in [0.1, 0.15) is 17.5 Å². The number of thiocyanates is 1. The number of urea groups is 1. The lowest BCUT2D eigenvalue weighted by atomic mass is 9.96. The first-order chi connectivity index (χ1) is 13.7. The fourth-order valence-electron chi connectivity index (χ4n) is 3.20. The van der Waals surface area contributed by atoms with Crippen LogP contribution in [0.1, 0.15) is 25.3 Å². The maximum atomic E-state index is 12.5. The molecule has 10 heteroatoms. The van der Waals surface area contributed by atoms with E-state index in [4.69, 9.17) is 10.00 Å². The molecule has 29 heavy (non-hydrogen) atoms. The Labute approximate surface area is 171 Å². The summed E-state index contributed by atoms with van der Waals surface area (Å²) in [5, 5.41) is 15.9. The molecule has 1 saturated heterocycles. The van der Waals surface area contributed by atoms with Gasteiger partial charge in [0.2, 0.25) is 0 Å². The number of carbonyl (C=O) groups is 4. The maximum absolute atomic E-state index is 12.5. The van der Waals surface area contributed by atoms with Crippen molar-refractivity contribution in [1.82, 2.24) is 10.2 Å². The van der Waals surface area contributed by atoms with Crippen LogP contribution in [0.15, 0.2) is 23.1 Å². The van der Waals surface area contributed by atoms with Crippen molar-refractivity contribution in [3.05, 3.63) is 23.8 Å². The monoisotopic (exact) mass is 416 g/mol. The Morgan fingerprint density at radius 1 is 1.41 bits per heavy atom. The molecule has 1 aromatic carbocycles. The molecule has 1 aliphatic heterocycles. The highest BCUT2D eigenvalue weighted by Gasteiger charge is 2.56. The van der Waals surface area contributed by atoms with E-state index >= 15 is 0 Å². The Bertz CT molecular complexity index is 924. The molecule has 2 fully saturated rings. The Balaban J connectivity index is 1.49. The van der Waals surface area contributed by atoms with E-state index in [1.165, 1.54) is 0 Å². The molecule has 1 heterocycles. The van der Waals surface area contributed by atoms with Gasteiger partial charge in [-0.25, -0.2) is 4.79 Å².